The number of H-pyrrole nitrogens is 1. The van der Waals surface area contributed by atoms with Gasteiger partial charge in [0.2, 0.25) is 0 Å². The summed E-state index contributed by atoms with van der Waals surface area (Å²) in [4.78, 5) is 23.8. The van der Waals surface area contributed by atoms with Gasteiger partial charge in [0.05, 0.1) is 34.6 Å². The van der Waals surface area contributed by atoms with Gasteiger partial charge in [-0.25, -0.2) is 19.3 Å². The number of carbonyl (C=O) groups is 1. The van der Waals surface area contributed by atoms with Crippen LogP contribution in [0.1, 0.15) is 23.0 Å². The predicted octanol–water partition coefficient (Wildman–Crippen LogP) is 5.14. The van der Waals surface area contributed by atoms with Gasteiger partial charge < -0.3 is 9.72 Å². The van der Waals surface area contributed by atoms with E-state index in [1.165, 1.54) is 11.4 Å². The lowest BCUT2D eigenvalue weighted by Crippen LogP contribution is -2.17. The van der Waals surface area contributed by atoms with Gasteiger partial charge in [0.25, 0.3) is 0 Å². The first-order valence-corrected chi connectivity index (χ1v) is 10.0. The van der Waals surface area contributed by atoms with Crippen molar-refractivity contribution < 1.29 is 22.7 Å². The number of esters is 1. The lowest BCUT2D eigenvalue weighted by atomic mass is 10.1. The second-order valence-corrected chi connectivity index (χ2v) is 7.19. The Kier molecular flexibility index (Phi) is 4.85. The Balaban J connectivity index is 1.86. The first kappa shape index (κ1) is 20.7. The van der Waals surface area contributed by atoms with Crippen LogP contribution in [0, 0.1) is 0 Å². The molecule has 166 valence electrons. The molecule has 0 aliphatic rings. The summed E-state index contributed by atoms with van der Waals surface area (Å²) in [5.74, 6) is -1.11. The highest BCUT2D eigenvalue weighted by Crippen LogP contribution is 2.35. The Hall–Kier alpha value is -4.21. The molecule has 0 spiro atoms. The second-order valence-electron chi connectivity index (χ2n) is 7.19. The van der Waals surface area contributed by atoms with Crippen LogP contribution in [0.5, 0.6) is 0 Å². The molecule has 0 unspecified atom stereocenters. The standard InChI is InChI=1S/C23H16F3N5O2/c1-2-33-22(32)14-11-15-20(29-19(14)23(24,25)26)30-31-18(16-9-6-10-27-16)12-17(28-21(15)31)13-7-4-3-5-8-13/h3-12,27H,2H2,1H3. The van der Waals surface area contributed by atoms with Crippen molar-refractivity contribution in [2.24, 2.45) is 0 Å². The van der Waals surface area contributed by atoms with Gasteiger partial charge in [-0.05, 0) is 31.2 Å². The van der Waals surface area contributed by atoms with Crippen molar-refractivity contribution in [3.8, 4) is 22.6 Å². The molecule has 0 aliphatic heterocycles. The summed E-state index contributed by atoms with van der Waals surface area (Å²) in [6, 6.07) is 15.8. The number of hydrogen-bond acceptors (Lipinski definition) is 5. The zero-order valence-electron chi connectivity index (χ0n) is 17.2. The molecular weight excluding hydrogens is 435 g/mol. The second kappa shape index (κ2) is 7.73. The van der Waals surface area contributed by atoms with Crippen molar-refractivity contribution in [1.82, 2.24) is 24.6 Å². The first-order chi connectivity index (χ1) is 15.9. The van der Waals surface area contributed by atoms with E-state index in [1.54, 1.807) is 18.3 Å². The molecular formula is C23H16F3N5O2. The quantitative estimate of drug-likeness (QED) is 0.383. The van der Waals surface area contributed by atoms with Gasteiger partial charge >= 0.3 is 12.1 Å². The van der Waals surface area contributed by atoms with Gasteiger partial charge in [-0.2, -0.15) is 13.2 Å². The van der Waals surface area contributed by atoms with Crippen LogP contribution in [-0.4, -0.2) is 37.1 Å². The SMILES string of the molecule is CCOC(=O)c1cc2c(nc1C(F)(F)F)nn1c(-c3ccc[nH]3)cc(-c3ccccc3)nc21. The summed E-state index contributed by atoms with van der Waals surface area (Å²) in [7, 11) is 0. The minimum atomic E-state index is -4.86. The number of rotatable bonds is 4. The van der Waals surface area contributed by atoms with Crippen LogP contribution < -0.4 is 0 Å². The zero-order valence-corrected chi connectivity index (χ0v) is 17.2. The number of fused-ring (bicyclic) bond motifs is 3. The Morgan fingerprint density at radius 2 is 1.88 bits per heavy atom. The van der Waals surface area contributed by atoms with Gasteiger partial charge in [0, 0.05) is 11.8 Å². The fourth-order valence-electron chi connectivity index (χ4n) is 3.63. The molecule has 0 saturated heterocycles. The monoisotopic (exact) mass is 451 g/mol. The molecule has 33 heavy (non-hydrogen) atoms. The molecule has 4 heterocycles. The number of aromatic amines is 1. The molecule has 1 aromatic carbocycles. The summed E-state index contributed by atoms with van der Waals surface area (Å²) in [5.41, 5.74) is 0.729. The zero-order chi connectivity index (χ0) is 23.2. The summed E-state index contributed by atoms with van der Waals surface area (Å²) in [5, 5.41) is 4.50. The number of ether oxygens (including phenoxy) is 1. The van der Waals surface area contributed by atoms with Crippen LogP contribution in [0.3, 0.4) is 0 Å². The average Bonchev–Trinajstić information content (AvgIpc) is 3.46. The van der Waals surface area contributed by atoms with Crippen molar-refractivity contribution in [2.75, 3.05) is 6.61 Å². The van der Waals surface area contributed by atoms with Crippen LogP contribution >= 0.6 is 0 Å². The number of benzene rings is 1. The highest BCUT2D eigenvalue weighted by molar-refractivity contribution is 5.99. The minimum absolute atomic E-state index is 0.0731. The molecule has 0 atom stereocenters. The Bertz CT molecular complexity index is 1480. The van der Waals surface area contributed by atoms with E-state index in [2.05, 4.69) is 20.1 Å². The molecule has 0 bridgehead atoms. The Morgan fingerprint density at radius 3 is 2.55 bits per heavy atom. The van der Waals surface area contributed by atoms with Gasteiger partial charge in [-0.3, -0.25) is 0 Å². The number of hydrogen-bond donors (Lipinski definition) is 1. The van der Waals surface area contributed by atoms with E-state index in [-0.39, 0.29) is 23.3 Å². The number of aromatic nitrogens is 5. The molecule has 0 fully saturated rings. The number of pyridine rings is 1. The van der Waals surface area contributed by atoms with Crippen molar-refractivity contribution in [3.63, 3.8) is 0 Å². The van der Waals surface area contributed by atoms with Crippen molar-refractivity contribution in [1.29, 1.82) is 0 Å². The number of nitrogens with zero attached hydrogens (tertiary/aromatic N) is 4. The smallest absolute Gasteiger partial charge is 0.434 e. The topological polar surface area (TPSA) is 85.2 Å². The number of carbonyl (C=O) groups excluding carboxylic acids is 1. The molecule has 10 heteroatoms. The van der Waals surface area contributed by atoms with E-state index in [4.69, 9.17) is 4.74 Å². The summed E-state index contributed by atoms with van der Waals surface area (Å²) >= 11 is 0. The molecule has 5 aromatic rings. The predicted molar refractivity (Wildman–Crippen MR) is 114 cm³/mol. The molecule has 0 aliphatic carbocycles. The fourth-order valence-corrected chi connectivity index (χ4v) is 3.63. The van der Waals surface area contributed by atoms with Crippen LogP contribution in [0.4, 0.5) is 13.2 Å². The van der Waals surface area contributed by atoms with Gasteiger partial charge in [-0.1, -0.05) is 30.3 Å². The molecule has 1 N–H and O–H groups in total. The van der Waals surface area contributed by atoms with Gasteiger partial charge in [-0.15, -0.1) is 5.10 Å². The molecule has 0 saturated carbocycles. The number of alkyl halides is 3. The maximum absolute atomic E-state index is 13.7. The maximum atomic E-state index is 13.7. The van der Waals surface area contributed by atoms with E-state index >= 15 is 0 Å². The highest BCUT2D eigenvalue weighted by Gasteiger charge is 2.39. The maximum Gasteiger partial charge on any atom is 0.434 e. The molecule has 7 nitrogen and oxygen atoms in total. The van der Waals surface area contributed by atoms with Gasteiger partial charge in [0.1, 0.15) is 0 Å². The summed E-state index contributed by atoms with van der Waals surface area (Å²) in [6.45, 7) is 1.44. The van der Waals surface area contributed by atoms with Crippen LogP contribution in [-0.2, 0) is 10.9 Å². The van der Waals surface area contributed by atoms with E-state index < -0.39 is 23.4 Å². The van der Waals surface area contributed by atoms with E-state index in [1.807, 2.05) is 36.4 Å². The number of halogens is 3. The van der Waals surface area contributed by atoms with Crippen molar-refractivity contribution >= 4 is 22.6 Å². The van der Waals surface area contributed by atoms with Crippen LogP contribution in [0.25, 0.3) is 39.3 Å². The number of nitrogens with one attached hydrogen (secondary N) is 1. The fraction of sp³-hybridized carbons (Fsp3) is 0.130. The van der Waals surface area contributed by atoms with E-state index in [0.29, 0.717) is 17.1 Å². The van der Waals surface area contributed by atoms with Gasteiger partial charge in [0.15, 0.2) is 17.0 Å². The molecule has 5 rings (SSSR count). The Labute approximate surface area is 184 Å². The first-order valence-electron chi connectivity index (χ1n) is 10.0. The lowest BCUT2D eigenvalue weighted by Gasteiger charge is -2.10. The van der Waals surface area contributed by atoms with Crippen molar-refractivity contribution in [3.05, 3.63) is 72.1 Å². The van der Waals surface area contributed by atoms with Crippen LogP contribution in [0.2, 0.25) is 0 Å². The van der Waals surface area contributed by atoms with Crippen LogP contribution in [0.15, 0.2) is 60.8 Å². The molecule has 0 amide bonds. The third kappa shape index (κ3) is 3.59. The largest absolute Gasteiger partial charge is 0.462 e. The average molecular weight is 451 g/mol. The van der Waals surface area contributed by atoms with E-state index in [0.717, 1.165) is 11.6 Å². The van der Waals surface area contributed by atoms with E-state index in [9.17, 15) is 18.0 Å². The normalized spacial score (nSPS) is 11.9. The third-order valence-corrected chi connectivity index (χ3v) is 5.07. The summed E-state index contributed by atoms with van der Waals surface area (Å²) in [6.07, 6.45) is -3.14. The minimum Gasteiger partial charge on any atom is -0.462 e. The third-order valence-electron chi connectivity index (χ3n) is 5.07. The highest BCUT2D eigenvalue weighted by atomic mass is 19.4. The molecule has 4 aromatic heterocycles. The Morgan fingerprint density at radius 1 is 1.09 bits per heavy atom. The summed E-state index contributed by atoms with van der Waals surface area (Å²) < 4.78 is 47.4. The van der Waals surface area contributed by atoms with Crippen molar-refractivity contribution in [2.45, 2.75) is 13.1 Å². The molecule has 0 radical (unpaired) electrons. The lowest BCUT2D eigenvalue weighted by molar-refractivity contribution is -0.141.